The van der Waals surface area contributed by atoms with Crippen LogP contribution in [0.5, 0.6) is 0 Å². The minimum atomic E-state index is -0.778. The van der Waals surface area contributed by atoms with Crippen molar-refractivity contribution in [3.8, 4) is 5.00 Å². The topological polar surface area (TPSA) is 153 Å². The van der Waals surface area contributed by atoms with Crippen molar-refractivity contribution in [2.45, 2.75) is 72.5 Å². The standard InChI is InChI=1S/C30H38N10O3S/c1-18(2)26-27-32-21(5)35-39(27)15-14-38(29(43)25-19(3)20(4)44-30(25)40-17-31-36-37-40)13-9-12-24(41)33-23(28(42)34-26)16-22-10-7-6-8-11-22/h6-8,10-11,17-18,23,26H,9,12-16H2,1-5H3,(H,33,41)(H,34,42)/t23-,26?/m0/s1. The Morgan fingerprint density at radius 3 is 2.55 bits per heavy atom. The normalized spacial score (nSPS) is 18.5. The molecular formula is C30H38N10O3S. The summed E-state index contributed by atoms with van der Waals surface area (Å²) in [5.74, 6) is 0.468. The molecule has 2 N–H and O–H groups in total. The molecule has 1 unspecified atom stereocenters. The van der Waals surface area contributed by atoms with E-state index in [-0.39, 0.29) is 30.1 Å². The predicted molar refractivity (Wildman–Crippen MR) is 164 cm³/mol. The molecule has 14 heteroatoms. The summed E-state index contributed by atoms with van der Waals surface area (Å²) in [4.78, 5) is 48.5. The molecular weight excluding hydrogens is 580 g/mol. The summed E-state index contributed by atoms with van der Waals surface area (Å²) in [6.07, 6.45) is 2.39. The van der Waals surface area contributed by atoms with Crippen molar-refractivity contribution in [2.75, 3.05) is 13.1 Å². The number of hydrogen-bond donors (Lipinski definition) is 2. The number of thiophene rings is 1. The SMILES string of the molecule is Cc1nc2n(n1)CCN(C(=O)c1c(-n3cnnn3)sc(C)c1C)CCCC(=O)N[C@@H](Cc1ccccc1)C(=O)NC2C(C)C. The van der Waals surface area contributed by atoms with Gasteiger partial charge < -0.3 is 15.5 Å². The van der Waals surface area contributed by atoms with E-state index in [0.29, 0.717) is 54.7 Å². The van der Waals surface area contributed by atoms with Gasteiger partial charge in [-0.3, -0.25) is 14.4 Å². The molecule has 4 heterocycles. The number of benzene rings is 1. The molecule has 232 valence electrons. The quantitative estimate of drug-likeness (QED) is 0.346. The van der Waals surface area contributed by atoms with Gasteiger partial charge in [-0.2, -0.15) is 9.78 Å². The number of rotatable bonds is 5. The second-order valence-corrected chi connectivity index (χ2v) is 12.6. The highest BCUT2D eigenvalue weighted by atomic mass is 32.1. The molecule has 1 aliphatic rings. The van der Waals surface area contributed by atoms with Crippen LogP contribution in [-0.4, -0.2) is 76.7 Å². The second kappa shape index (κ2) is 13.5. The third-order valence-electron chi connectivity index (χ3n) is 7.82. The van der Waals surface area contributed by atoms with Crippen LogP contribution in [0.1, 0.15) is 70.7 Å². The van der Waals surface area contributed by atoms with E-state index in [1.807, 2.05) is 65.0 Å². The van der Waals surface area contributed by atoms with E-state index in [1.165, 1.54) is 22.3 Å². The van der Waals surface area contributed by atoms with Crippen LogP contribution in [0.4, 0.5) is 0 Å². The number of aromatic nitrogens is 7. The van der Waals surface area contributed by atoms with Crippen LogP contribution in [0.25, 0.3) is 5.00 Å². The monoisotopic (exact) mass is 618 g/mol. The van der Waals surface area contributed by atoms with Crippen molar-refractivity contribution in [3.63, 3.8) is 0 Å². The van der Waals surface area contributed by atoms with Gasteiger partial charge in [0.1, 0.15) is 29.0 Å². The molecule has 0 fully saturated rings. The lowest BCUT2D eigenvalue weighted by Gasteiger charge is -2.28. The molecule has 2 atom stereocenters. The highest BCUT2D eigenvalue weighted by Crippen LogP contribution is 2.31. The third-order valence-corrected chi connectivity index (χ3v) is 9.02. The Bertz CT molecular complexity index is 1610. The van der Waals surface area contributed by atoms with Crippen LogP contribution in [0, 0.1) is 26.7 Å². The molecule has 5 rings (SSSR count). The lowest BCUT2D eigenvalue weighted by Crippen LogP contribution is -2.50. The van der Waals surface area contributed by atoms with Crippen molar-refractivity contribution in [3.05, 3.63) is 69.9 Å². The number of amides is 3. The fourth-order valence-corrected chi connectivity index (χ4v) is 6.44. The van der Waals surface area contributed by atoms with E-state index in [9.17, 15) is 14.4 Å². The Balaban J connectivity index is 1.49. The Labute approximate surface area is 260 Å². The van der Waals surface area contributed by atoms with Gasteiger partial charge in [0, 0.05) is 30.8 Å². The maximum absolute atomic E-state index is 14.2. The predicted octanol–water partition coefficient (Wildman–Crippen LogP) is 2.72. The van der Waals surface area contributed by atoms with Crippen molar-refractivity contribution in [1.29, 1.82) is 0 Å². The van der Waals surface area contributed by atoms with Crippen LogP contribution in [0.15, 0.2) is 36.7 Å². The summed E-state index contributed by atoms with van der Waals surface area (Å²) in [5.41, 5.74) is 2.34. The first-order valence-electron chi connectivity index (χ1n) is 14.8. The smallest absolute Gasteiger partial charge is 0.257 e. The summed E-state index contributed by atoms with van der Waals surface area (Å²) >= 11 is 1.46. The van der Waals surface area contributed by atoms with Crippen molar-refractivity contribution < 1.29 is 14.4 Å². The average molecular weight is 619 g/mol. The largest absolute Gasteiger partial charge is 0.344 e. The van der Waals surface area contributed by atoms with Crippen LogP contribution in [0.3, 0.4) is 0 Å². The van der Waals surface area contributed by atoms with E-state index in [4.69, 9.17) is 4.98 Å². The summed E-state index contributed by atoms with van der Waals surface area (Å²) in [5, 5.41) is 22.9. The van der Waals surface area contributed by atoms with Gasteiger partial charge in [0.2, 0.25) is 11.8 Å². The molecule has 1 aliphatic heterocycles. The van der Waals surface area contributed by atoms with Gasteiger partial charge in [-0.15, -0.1) is 16.4 Å². The lowest BCUT2D eigenvalue weighted by atomic mass is 10.0. The molecule has 3 amide bonds. The van der Waals surface area contributed by atoms with Crippen molar-refractivity contribution >= 4 is 29.1 Å². The molecule has 3 aromatic heterocycles. The number of aryl methyl sites for hydroxylation is 2. The van der Waals surface area contributed by atoms with E-state index in [0.717, 1.165) is 16.0 Å². The van der Waals surface area contributed by atoms with E-state index < -0.39 is 12.1 Å². The van der Waals surface area contributed by atoms with Gasteiger partial charge in [-0.25, -0.2) is 9.67 Å². The van der Waals surface area contributed by atoms with Crippen molar-refractivity contribution in [2.24, 2.45) is 5.92 Å². The van der Waals surface area contributed by atoms with Gasteiger partial charge in [0.05, 0.1) is 18.2 Å². The van der Waals surface area contributed by atoms with Crippen LogP contribution < -0.4 is 10.6 Å². The van der Waals surface area contributed by atoms with Gasteiger partial charge in [-0.1, -0.05) is 44.2 Å². The summed E-state index contributed by atoms with van der Waals surface area (Å²) in [7, 11) is 0. The molecule has 44 heavy (non-hydrogen) atoms. The highest BCUT2D eigenvalue weighted by molar-refractivity contribution is 7.15. The Morgan fingerprint density at radius 2 is 1.84 bits per heavy atom. The second-order valence-electron chi connectivity index (χ2n) is 11.4. The van der Waals surface area contributed by atoms with Crippen LogP contribution >= 0.6 is 11.3 Å². The van der Waals surface area contributed by atoms with Gasteiger partial charge in [-0.05, 0) is 54.7 Å². The first-order valence-corrected chi connectivity index (χ1v) is 15.6. The summed E-state index contributed by atoms with van der Waals surface area (Å²) in [6, 6.07) is 8.37. The maximum Gasteiger partial charge on any atom is 0.257 e. The number of carbonyl (C=O) groups is 3. The number of hydrogen-bond acceptors (Lipinski definition) is 9. The zero-order valence-electron chi connectivity index (χ0n) is 25.6. The Morgan fingerprint density at radius 1 is 1.07 bits per heavy atom. The summed E-state index contributed by atoms with van der Waals surface area (Å²) < 4.78 is 3.29. The molecule has 13 nitrogen and oxygen atoms in total. The van der Waals surface area contributed by atoms with E-state index >= 15 is 0 Å². The van der Waals surface area contributed by atoms with Crippen LogP contribution in [0.2, 0.25) is 0 Å². The maximum atomic E-state index is 14.2. The molecule has 0 saturated carbocycles. The Hall–Kier alpha value is -4.46. The highest BCUT2D eigenvalue weighted by Gasteiger charge is 2.31. The van der Waals surface area contributed by atoms with Crippen LogP contribution in [-0.2, 0) is 22.6 Å². The van der Waals surface area contributed by atoms with E-state index in [2.05, 4.69) is 31.3 Å². The fraction of sp³-hybridized carbons (Fsp3) is 0.467. The molecule has 0 bridgehead atoms. The zero-order chi connectivity index (χ0) is 31.4. The first kappa shape index (κ1) is 31.0. The third kappa shape index (κ3) is 6.85. The summed E-state index contributed by atoms with van der Waals surface area (Å²) in [6.45, 7) is 10.7. The van der Waals surface area contributed by atoms with E-state index in [1.54, 1.807) is 9.58 Å². The number of fused-ring (bicyclic) bond motifs is 1. The molecule has 4 aromatic rings. The minimum absolute atomic E-state index is 0.0182. The zero-order valence-corrected chi connectivity index (χ0v) is 26.5. The molecule has 1 aromatic carbocycles. The first-order chi connectivity index (χ1) is 21.1. The Kier molecular flexibility index (Phi) is 9.47. The van der Waals surface area contributed by atoms with Crippen molar-refractivity contribution in [1.82, 2.24) is 50.5 Å². The minimum Gasteiger partial charge on any atom is -0.344 e. The fourth-order valence-electron chi connectivity index (χ4n) is 5.37. The van der Waals surface area contributed by atoms with Gasteiger partial charge in [0.25, 0.3) is 5.91 Å². The van der Waals surface area contributed by atoms with Gasteiger partial charge >= 0.3 is 0 Å². The number of carbonyl (C=O) groups excluding carboxylic acids is 3. The lowest BCUT2D eigenvalue weighted by molar-refractivity contribution is -0.129. The number of nitrogens with one attached hydrogen (secondary N) is 2. The number of nitrogens with zero attached hydrogens (tertiary/aromatic N) is 8. The average Bonchev–Trinajstić information content (AvgIpc) is 3.72. The molecule has 0 saturated heterocycles. The molecule has 0 aliphatic carbocycles. The molecule has 0 spiro atoms. The molecule has 0 radical (unpaired) electrons. The number of tetrazole rings is 1. The van der Waals surface area contributed by atoms with Gasteiger partial charge in [0.15, 0.2) is 0 Å².